The lowest BCUT2D eigenvalue weighted by molar-refractivity contribution is 0.0785. The number of rotatable bonds is 9. The molecule has 1 saturated carbocycles. The van der Waals surface area contributed by atoms with E-state index in [-0.39, 0.29) is 6.04 Å². The highest BCUT2D eigenvalue weighted by atomic mass is 32.2. The van der Waals surface area contributed by atoms with E-state index in [2.05, 4.69) is 31.5 Å². The molecule has 1 unspecified atom stereocenters. The second-order valence-corrected chi connectivity index (χ2v) is 19.3. The Bertz CT molecular complexity index is 1360. The smallest absolute Gasteiger partial charge is 0.160 e. The number of hydrogen-bond acceptors (Lipinski definition) is 7. The molecule has 1 atom stereocenters. The van der Waals surface area contributed by atoms with Gasteiger partial charge in [0.25, 0.3) is 0 Å². The maximum atomic E-state index is 12.9. The van der Waals surface area contributed by atoms with Crippen molar-refractivity contribution in [3.8, 4) is 5.82 Å². The topological polar surface area (TPSA) is 91.5 Å². The molecule has 0 radical (unpaired) electrons. The van der Waals surface area contributed by atoms with Crippen molar-refractivity contribution in [3.05, 3.63) is 36.2 Å². The highest BCUT2D eigenvalue weighted by Gasteiger charge is 2.54. The van der Waals surface area contributed by atoms with Gasteiger partial charge in [0, 0.05) is 51.3 Å². The molecular formula is C25H37N5O4SSi. The van der Waals surface area contributed by atoms with Crippen LogP contribution < -0.4 is 4.90 Å². The van der Waals surface area contributed by atoms with Crippen molar-refractivity contribution in [2.75, 3.05) is 37.5 Å². The fourth-order valence-corrected chi connectivity index (χ4v) is 7.08. The molecule has 196 valence electrons. The van der Waals surface area contributed by atoms with E-state index in [1.54, 1.807) is 4.68 Å². The minimum absolute atomic E-state index is 0.154. The molecule has 3 aromatic rings. The van der Waals surface area contributed by atoms with Crippen molar-refractivity contribution in [2.24, 2.45) is 0 Å². The third kappa shape index (κ3) is 4.85. The second-order valence-electron chi connectivity index (χ2n) is 11.4. The SMILES string of the molecule is CC1COCCN1c1cc(C2(S(C)(=O)=O)CC2)c2ccn(-c3ccn(COCC[Si](C)(C)C)n3)c2n1. The first kappa shape index (κ1) is 25.4. The molecule has 5 rings (SSSR count). The molecule has 2 fully saturated rings. The molecule has 9 nitrogen and oxygen atoms in total. The van der Waals surface area contributed by atoms with Crippen LogP contribution in [0.25, 0.3) is 16.9 Å². The van der Waals surface area contributed by atoms with Crippen LogP contribution in [0.2, 0.25) is 25.7 Å². The summed E-state index contributed by atoms with van der Waals surface area (Å²) in [6.45, 7) is 12.2. The van der Waals surface area contributed by atoms with Crippen molar-refractivity contribution in [2.45, 2.75) is 63.0 Å². The molecular weight excluding hydrogens is 494 g/mol. The summed E-state index contributed by atoms with van der Waals surface area (Å²) in [6.07, 6.45) is 6.47. The summed E-state index contributed by atoms with van der Waals surface area (Å²) in [7, 11) is -4.43. The molecule has 4 heterocycles. The van der Waals surface area contributed by atoms with E-state index in [1.807, 2.05) is 35.2 Å². The van der Waals surface area contributed by atoms with Gasteiger partial charge in [-0.2, -0.15) is 5.10 Å². The number of sulfone groups is 1. The summed E-state index contributed by atoms with van der Waals surface area (Å²) >= 11 is 0. The van der Waals surface area contributed by atoms with Crippen LogP contribution in [0, 0.1) is 0 Å². The molecule has 2 aliphatic rings. The first-order valence-electron chi connectivity index (χ1n) is 12.7. The lowest BCUT2D eigenvalue weighted by atomic mass is 10.1. The Kier molecular flexibility index (Phi) is 6.55. The molecule has 1 saturated heterocycles. The first-order chi connectivity index (χ1) is 17.0. The second kappa shape index (κ2) is 9.27. The highest BCUT2D eigenvalue weighted by Crippen LogP contribution is 2.54. The highest BCUT2D eigenvalue weighted by molar-refractivity contribution is 7.92. The minimum Gasteiger partial charge on any atom is -0.377 e. The van der Waals surface area contributed by atoms with Gasteiger partial charge in [-0.25, -0.2) is 18.1 Å². The van der Waals surface area contributed by atoms with E-state index >= 15 is 0 Å². The summed E-state index contributed by atoms with van der Waals surface area (Å²) < 4.78 is 40.2. The Hall–Kier alpha value is -2.21. The Balaban J connectivity index is 1.52. The molecule has 11 heteroatoms. The standard InChI is InChI=1S/C25H37N5O4SSi/c1-19-17-33-13-12-29(19)23-16-21(25(8-9-25)35(2,31)32)20-6-11-30(24(20)26-23)22-7-10-28(27-22)18-34-14-15-36(3,4)5/h6-7,10-11,16,19H,8-9,12-15,17-18H2,1-5H3. The van der Waals surface area contributed by atoms with E-state index in [0.717, 1.165) is 47.4 Å². The van der Waals surface area contributed by atoms with Gasteiger partial charge in [-0.05, 0) is 43.5 Å². The maximum absolute atomic E-state index is 12.9. The normalized spacial score (nSPS) is 20.2. The molecule has 0 bridgehead atoms. The fourth-order valence-electron chi connectivity index (χ4n) is 4.91. The van der Waals surface area contributed by atoms with Crippen LogP contribution in [0.5, 0.6) is 0 Å². The van der Waals surface area contributed by atoms with Gasteiger partial charge in [-0.1, -0.05) is 19.6 Å². The average molecular weight is 532 g/mol. The molecule has 0 amide bonds. The van der Waals surface area contributed by atoms with E-state index in [4.69, 9.17) is 19.6 Å². The van der Waals surface area contributed by atoms with Crippen LogP contribution in [-0.4, -0.2) is 74.5 Å². The third-order valence-electron chi connectivity index (χ3n) is 7.30. The largest absolute Gasteiger partial charge is 0.377 e. The summed E-state index contributed by atoms with van der Waals surface area (Å²) in [5.74, 6) is 1.52. The Labute approximate surface area is 214 Å². The molecule has 36 heavy (non-hydrogen) atoms. The lowest BCUT2D eigenvalue weighted by Crippen LogP contribution is -2.44. The first-order valence-corrected chi connectivity index (χ1v) is 18.3. The number of pyridine rings is 1. The zero-order valence-electron chi connectivity index (χ0n) is 21.9. The van der Waals surface area contributed by atoms with Crippen LogP contribution in [0.15, 0.2) is 30.6 Å². The number of ether oxygens (including phenoxy) is 2. The number of fused-ring (bicyclic) bond motifs is 1. The summed E-state index contributed by atoms with van der Waals surface area (Å²) in [5, 5.41) is 5.59. The Morgan fingerprint density at radius 2 is 1.97 bits per heavy atom. The van der Waals surface area contributed by atoms with E-state index < -0.39 is 22.7 Å². The van der Waals surface area contributed by atoms with Crippen molar-refractivity contribution < 1.29 is 17.9 Å². The maximum Gasteiger partial charge on any atom is 0.160 e. The number of hydrogen-bond donors (Lipinski definition) is 0. The lowest BCUT2D eigenvalue weighted by Gasteiger charge is -2.35. The zero-order chi connectivity index (χ0) is 25.7. The summed E-state index contributed by atoms with van der Waals surface area (Å²) in [6, 6.07) is 7.17. The summed E-state index contributed by atoms with van der Waals surface area (Å²) in [4.78, 5) is 7.26. The number of aromatic nitrogens is 4. The monoisotopic (exact) mass is 531 g/mol. The van der Waals surface area contributed by atoms with Gasteiger partial charge in [-0.3, -0.25) is 4.57 Å². The molecule has 0 aromatic carbocycles. The van der Waals surface area contributed by atoms with E-state index in [9.17, 15) is 8.42 Å². The van der Waals surface area contributed by atoms with Gasteiger partial charge < -0.3 is 14.4 Å². The number of morpholine rings is 1. The Morgan fingerprint density at radius 1 is 1.19 bits per heavy atom. The summed E-state index contributed by atoms with van der Waals surface area (Å²) in [5.41, 5.74) is 1.57. The molecule has 1 aliphatic carbocycles. The zero-order valence-corrected chi connectivity index (χ0v) is 23.7. The van der Waals surface area contributed by atoms with E-state index in [1.165, 1.54) is 6.26 Å². The van der Waals surface area contributed by atoms with Crippen LogP contribution >= 0.6 is 0 Å². The number of anilines is 1. The Morgan fingerprint density at radius 3 is 2.64 bits per heavy atom. The van der Waals surface area contributed by atoms with Gasteiger partial charge in [-0.15, -0.1) is 0 Å². The van der Waals surface area contributed by atoms with Gasteiger partial charge >= 0.3 is 0 Å². The van der Waals surface area contributed by atoms with Gasteiger partial charge in [0.2, 0.25) is 0 Å². The predicted octanol–water partition coefficient (Wildman–Crippen LogP) is 3.79. The minimum atomic E-state index is -3.29. The van der Waals surface area contributed by atoms with Gasteiger partial charge in [0.1, 0.15) is 18.2 Å². The average Bonchev–Trinajstić information content (AvgIpc) is 3.32. The fraction of sp³-hybridized carbons (Fsp3) is 0.600. The van der Waals surface area contributed by atoms with Crippen LogP contribution in [0.4, 0.5) is 5.82 Å². The van der Waals surface area contributed by atoms with Crippen molar-refractivity contribution in [3.63, 3.8) is 0 Å². The van der Waals surface area contributed by atoms with Crippen molar-refractivity contribution in [1.82, 2.24) is 19.3 Å². The predicted molar refractivity (Wildman–Crippen MR) is 144 cm³/mol. The van der Waals surface area contributed by atoms with Crippen LogP contribution in [0.1, 0.15) is 25.3 Å². The van der Waals surface area contributed by atoms with Gasteiger partial charge in [0.05, 0.1) is 24.0 Å². The van der Waals surface area contributed by atoms with Gasteiger partial charge in [0.15, 0.2) is 15.7 Å². The van der Waals surface area contributed by atoms with Crippen molar-refractivity contribution >= 4 is 34.8 Å². The van der Waals surface area contributed by atoms with Crippen molar-refractivity contribution in [1.29, 1.82) is 0 Å². The van der Waals surface area contributed by atoms with Crippen LogP contribution in [0.3, 0.4) is 0 Å². The van der Waals surface area contributed by atoms with Crippen LogP contribution in [-0.2, 0) is 30.8 Å². The molecule has 0 spiro atoms. The molecule has 3 aromatic heterocycles. The third-order valence-corrected chi connectivity index (χ3v) is 11.1. The quantitative estimate of drug-likeness (QED) is 0.306. The van der Waals surface area contributed by atoms with E-state index in [0.29, 0.717) is 32.8 Å². The molecule has 0 N–H and O–H groups in total. The molecule has 1 aliphatic heterocycles. The number of nitrogens with zero attached hydrogens (tertiary/aromatic N) is 5.